The van der Waals surface area contributed by atoms with Gasteiger partial charge in [-0.15, -0.1) is 0 Å². The number of nitro groups is 1. The number of nitrogens with one attached hydrogen (secondary N) is 1. The molecule has 2 heterocycles. The maximum absolute atomic E-state index is 11.7. The third kappa shape index (κ3) is 6.30. The summed E-state index contributed by atoms with van der Waals surface area (Å²) in [6.07, 6.45) is 2.42. The number of nitriles is 2. The van der Waals surface area contributed by atoms with Crippen LogP contribution < -0.4 is 10.2 Å². The van der Waals surface area contributed by atoms with Gasteiger partial charge in [0.05, 0.1) is 43.1 Å². The second-order valence-electron chi connectivity index (χ2n) is 6.19. The second kappa shape index (κ2) is 11.6. The maximum atomic E-state index is 11.7. The Labute approximate surface area is 163 Å². The van der Waals surface area contributed by atoms with Gasteiger partial charge in [-0.1, -0.05) is 0 Å². The zero-order valence-electron chi connectivity index (χ0n) is 15.7. The molecule has 1 aliphatic heterocycles. The van der Waals surface area contributed by atoms with Crippen molar-refractivity contribution in [2.24, 2.45) is 0 Å². The Morgan fingerprint density at radius 3 is 2.54 bits per heavy atom. The van der Waals surface area contributed by atoms with E-state index in [0.29, 0.717) is 6.54 Å². The van der Waals surface area contributed by atoms with Crippen molar-refractivity contribution >= 4 is 17.3 Å². The molecular formula is C17H24N8O3. The fourth-order valence-electron chi connectivity index (χ4n) is 2.93. The van der Waals surface area contributed by atoms with Crippen LogP contribution in [-0.4, -0.2) is 72.3 Å². The highest BCUT2D eigenvalue weighted by atomic mass is 16.6. The summed E-state index contributed by atoms with van der Waals surface area (Å²) in [6, 6.07) is 4.03. The number of ether oxygens (including phenoxy) is 1. The van der Waals surface area contributed by atoms with Gasteiger partial charge >= 0.3 is 5.69 Å². The lowest BCUT2D eigenvalue weighted by Gasteiger charge is -2.26. The standard InChI is InChI=1S/C17H24N8O3/c18-4-1-8-24(9-2-5-19)17-15(25(26)27)16(21-14-22-17)20-6-3-7-23-10-12-28-13-11-23/h14H,1-3,6-13H2,(H,20,21,22). The molecule has 0 bridgehead atoms. The molecule has 11 nitrogen and oxygen atoms in total. The van der Waals surface area contributed by atoms with Crippen molar-refractivity contribution in [1.29, 1.82) is 10.5 Å². The maximum Gasteiger partial charge on any atom is 0.353 e. The number of nitrogens with zero attached hydrogens (tertiary/aromatic N) is 7. The third-order valence-corrected chi connectivity index (χ3v) is 4.32. The number of hydrogen-bond donors (Lipinski definition) is 1. The molecule has 1 aromatic heterocycles. The zero-order chi connectivity index (χ0) is 20.2. The van der Waals surface area contributed by atoms with Crippen LogP contribution in [0.25, 0.3) is 0 Å². The smallest absolute Gasteiger partial charge is 0.353 e. The van der Waals surface area contributed by atoms with E-state index in [1.807, 2.05) is 12.1 Å². The number of morpholine rings is 1. The van der Waals surface area contributed by atoms with Crippen molar-refractivity contribution in [3.8, 4) is 12.1 Å². The average molecular weight is 388 g/mol. The fourth-order valence-corrected chi connectivity index (χ4v) is 2.93. The van der Waals surface area contributed by atoms with Gasteiger partial charge in [-0.2, -0.15) is 10.5 Å². The van der Waals surface area contributed by atoms with Crippen LogP contribution in [0, 0.1) is 32.8 Å². The molecule has 2 rings (SSSR count). The predicted molar refractivity (Wildman–Crippen MR) is 102 cm³/mol. The van der Waals surface area contributed by atoms with Gasteiger partial charge in [0, 0.05) is 32.7 Å². The Hall–Kier alpha value is -3.02. The molecule has 1 fully saturated rings. The van der Waals surface area contributed by atoms with Crippen LogP contribution in [0.5, 0.6) is 0 Å². The monoisotopic (exact) mass is 388 g/mol. The van der Waals surface area contributed by atoms with Gasteiger partial charge < -0.3 is 15.0 Å². The Bertz CT molecular complexity index is 706. The van der Waals surface area contributed by atoms with Crippen molar-refractivity contribution < 1.29 is 9.66 Å². The van der Waals surface area contributed by atoms with Crippen LogP contribution in [0.4, 0.5) is 17.3 Å². The lowest BCUT2D eigenvalue weighted by molar-refractivity contribution is -0.383. The number of hydrogen-bond acceptors (Lipinski definition) is 10. The van der Waals surface area contributed by atoms with E-state index in [0.717, 1.165) is 39.3 Å². The van der Waals surface area contributed by atoms with Gasteiger partial charge in [-0.25, -0.2) is 9.97 Å². The molecule has 1 N–H and O–H groups in total. The summed E-state index contributed by atoms with van der Waals surface area (Å²) in [4.78, 5) is 23.1. The SMILES string of the molecule is N#CCCN(CCC#N)c1ncnc(NCCCN2CCOCC2)c1[N+](=O)[O-]. The lowest BCUT2D eigenvalue weighted by Crippen LogP contribution is -2.37. The van der Waals surface area contributed by atoms with Crippen LogP contribution in [0.2, 0.25) is 0 Å². The minimum atomic E-state index is -0.522. The van der Waals surface area contributed by atoms with E-state index in [9.17, 15) is 10.1 Å². The lowest BCUT2D eigenvalue weighted by atomic mass is 10.3. The van der Waals surface area contributed by atoms with E-state index in [1.54, 1.807) is 4.90 Å². The van der Waals surface area contributed by atoms with Crippen molar-refractivity contribution in [2.75, 3.05) is 62.7 Å². The third-order valence-electron chi connectivity index (χ3n) is 4.32. The van der Waals surface area contributed by atoms with E-state index >= 15 is 0 Å². The van der Waals surface area contributed by atoms with Crippen LogP contribution in [-0.2, 0) is 4.74 Å². The molecule has 0 aromatic carbocycles. The molecule has 0 aliphatic carbocycles. The van der Waals surface area contributed by atoms with E-state index in [1.165, 1.54) is 6.33 Å². The number of rotatable bonds is 11. The number of anilines is 2. The van der Waals surface area contributed by atoms with Crippen LogP contribution in [0.3, 0.4) is 0 Å². The Morgan fingerprint density at radius 1 is 1.25 bits per heavy atom. The highest BCUT2D eigenvalue weighted by Crippen LogP contribution is 2.31. The van der Waals surface area contributed by atoms with E-state index < -0.39 is 4.92 Å². The first kappa shape index (κ1) is 21.3. The summed E-state index contributed by atoms with van der Waals surface area (Å²) >= 11 is 0. The van der Waals surface area contributed by atoms with Crippen molar-refractivity contribution in [2.45, 2.75) is 19.3 Å². The highest BCUT2D eigenvalue weighted by Gasteiger charge is 2.26. The Morgan fingerprint density at radius 2 is 1.93 bits per heavy atom. The average Bonchev–Trinajstić information content (AvgIpc) is 2.72. The molecule has 0 unspecified atom stereocenters. The highest BCUT2D eigenvalue weighted by molar-refractivity contribution is 5.70. The van der Waals surface area contributed by atoms with E-state index in [4.69, 9.17) is 15.3 Å². The summed E-state index contributed by atoms with van der Waals surface area (Å²) in [5.41, 5.74) is -0.232. The normalized spacial score (nSPS) is 14.1. The second-order valence-corrected chi connectivity index (χ2v) is 6.19. The van der Waals surface area contributed by atoms with Crippen LogP contribution in [0.1, 0.15) is 19.3 Å². The predicted octanol–water partition coefficient (Wildman–Crippen LogP) is 1.15. The topological polar surface area (TPSA) is 144 Å². The largest absolute Gasteiger partial charge is 0.379 e. The van der Waals surface area contributed by atoms with Crippen LogP contribution in [0.15, 0.2) is 6.33 Å². The molecule has 0 spiro atoms. The summed E-state index contributed by atoms with van der Waals surface area (Å²) in [7, 11) is 0. The van der Waals surface area contributed by atoms with Gasteiger partial charge in [-0.3, -0.25) is 15.0 Å². The minimum Gasteiger partial charge on any atom is -0.379 e. The molecule has 1 aliphatic rings. The minimum absolute atomic E-state index is 0.126. The van der Waals surface area contributed by atoms with Crippen LogP contribution >= 0.6 is 0 Å². The first-order valence-electron chi connectivity index (χ1n) is 9.19. The molecule has 150 valence electrons. The van der Waals surface area contributed by atoms with E-state index in [2.05, 4.69) is 20.2 Å². The van der Waals surface area contributed by atoms with Crippen molar-refractivity contribution in [3.63, 3.8) is 0 Å². The van der Waals surface area contributed by atoms with Crippen molar-refractivity contribution in [3.05, 3.63) is 16.4 Å². The van der Waals surface area contributed by atoms with Gasteiger partial charge in [0.2, 0.25) is 11.6 Å². The Kier molecular flexibility index (Phi) is 8.85. The Balaban J connectivity index is 2.06. The molecule has 28 heavy (non-hydrogen) atoms. The molecule has 11 heteroatoms. The molecule has 1 saturated heterocycles. The van der Waals surface area contributed by atoms with Gasteiger partial charge in [0.15, 0.2) is 0 Å². The molecule has 0 amide bonds. The quantitative estimate of drug-likeness (QED) is 0.333. The zero-order valence-corrected chi connectivity index (χ0v) is 15.7. The summed E-state index contributed by atoms with van der Waals surface area (Å²) in [5.74, 6) is 0.275. The first-order chi connectivity index (χ1) is 13.7. The summed E-state index contributed by atoms with van der Waals surface area (Å²) in [6.45, 7) is 5.17. The molecule has 0 saturated carbocycles. The molecule has 1 aromatic rings. The molecule has 0 radical (unpaired) electrons. The number of aromatic nitrogens is 2. The van der Waals surface area contributed by atoms with Crippen molar-refractivity contribution in [1.82, 2.24) is 14.9 Å². The molecule has 0 atom stereocenters. The fraction of sp³-hybridized carbons (Fsp3) is 0.647. The summed E-state index contributed by atoms with van der Waals surface area (Å²) in [5, 5.41) is 32.4. The van der Waals surface area contributed by atoms with Gasteiger partial charge in [-0.05, 0) is 13.0 Å². The van der Waals surface area contributed by atoms with E-state index in [-0.39, 0.29) is 43.3 Å². The van der Waals surface area contributed by atoms with Gasteiger partial charge in [0.1, 0.15) is 6.33 Å². The summed E-state index contributed by atoms with van der Waals surface area (Å²) < 4.78 is 5.31. The first-order valence-corrected chi connectivity index (χ1v) is 9.19. The molecular weight excluding hydrogens is 364 g/mol. The van der Waals surface area contributed by atoms with Gasteiger partial charge in [0.25, 0.3) is 0 Å².